The van der Waals surface area contributed by atoms with E-state index in [0.717, 1.165) is 5.56 Å². The summed E-state index contributed by atoms with van der Waals surface area (Å²) in [5.74, 6) is -4.18. The molecule has 0 bridgehead atoms. The third kappa shape index (κ3) is 3.03. The van der Waals surface area contributed by atoms with Gasteiger partial charge in [0.1, 0.15) is 5.78 Å². The standard InChI is InChI=1S/C14H13F3O2/c15-14(16,17)13(19)11-8-10(6-7-12(11)18)9-4-2-1-3-5-9/h1-5,10-11H,6-8H2. The van der Waals surface area contributed by atoms with Gasteiger partial charge in [-0.25, -0.2) is 0 Å². The van der Waals surface area contributed by atoms with Crippen LogP contribution in [0.4, 0.5) is 13.2 Å². The minimum Gasteiger partial charge on any atom is -0.299 e. The fourth-order valence-corrected chi connectivity index (χ4v) is 2.50. The average Bonchev–Trinajstić information content (AvgIpc) is 2.38. The molecule has 0 aromatic heterocycles. The van der Waals surface area contributed by atoms with E-state index in [4.69, 9.17) is 0 Å². The van der Waals surface area contributed by atoms with Crippen molar-refractivity contribution < 1.29 is 22.8 Å². The Balaban J connectivity index is 2.17. The van der Waals surface area contributed by atoms with Gasteiger partial charge in [0.25, 0.3) is 0 Å². The molecule has 1 fully saturated rings. The van der Waals surface area contributed by atoms with E-state index in [-0.39, 0.29) is 18.8 Å². The van der Waals surface area contributed by atoms with Crippen LogP contribution in [0, 0.1) is 5.92 Å². The lowest BCUT2D eigenvalue weighted by Gasteiger charge is -2.28. The molecule has 1 aromatic rings. The van der Waals surface area contributed by atoms with Crippen LogP contribution in [0.1, 0.15) is 30.7 Å². The van der Waals surface area contributed by atoms with Gasteiger partial charge in [0.05, 0.1) is 5.92 Å². The summed E-state index contributed by atoms with van der Waals surface area (Å²) >= 11 is 0. The minimum absolute atomic E-state index is 0.0338. The molecular formula is C14H13F3O2. The van der Waals surface area contributed by atoms with Crippen LogP contribution in [-0.4, -0.2) is 17.7 Å². The van der Waals surface area contributed by atoms with E-state index in [0.29, 0.717) is 6.42 Å². The summed E-state index contributed by atoms with van der Waals surface area (Å²) < 4.78 is 37.3. The number of carbonyl (C=O) groups is 2. The molecule has 102 valence electrons. The fraction of sp³-hybridized carbons (Fsp3) is 0.429. The maximum atomic E-state index is 12.4. The molecule has 19 heavy (non-hydrogen) atoms. The van der Waals surface area contributed by atoms with Crippen LogP contribution in [0.5, 0.6) is 0 Å². The lowest BCUT2D eigenvalue weighted by molar-refractivity contribution is -0.177. The molecule has 0 heterocycles. The first-order valence-electron chi connectivity index (χ1n) is 6.08. The molecule has 0 N–H and O–H groups in total. The zero-order valence-corrected chi connectivity index (χ0v) is 10.1. The summed E-state index contributed by atoms with van der Waals surface area (Å²) in [7, 11) is 0. The van der Waals surface area contributed by atoms with E-state index in [1.54, 1.807) is 12.1 Å². The molecule has 0 aliphatic heterocycles. The van der Waals surface area contributed by atoms with Crippen molar-refractivity contribution in [1.82, 2.24) is 0 Å². The van der Waals surface area contributed by atoms with Gasteiger partial charge in [-0.3, -0.25) is 9.59 Å². The lowest BCUT2D eigenvalue weighted by atomic mass is 9.75. The van der Waals surface area contributed by atoms with Gasteiger partial charge in [-0.2, -0.15) is 13.2 Å². The Labute approximate surface area is 108 Å². The average molecular weight is 270 g/mol. The minimum atomic E-state index is -4.93. The number of hydrogen-bond acceptors (Lipinski definition) is 2. The van der Waals surface area contributed by atoms with Crippen molar-refractivity contribution in [3.63, 3.8) is 0 Å². The third-order valence-electron chi connectivity index (χ3n) is 3.51. The van der Waals surface area contributed by atoms with Crippen LogP contribution in [-0.2, 0) is 9.59 Å². The van der Waals surface area contributed by atoms with E-state index < -0.39 is 23.7 Å². The monoisotopic (exact) mass is 270 g/mol. The van der Waals surface area contributed by atoms with Gasteiger partial charge < -0.3 is 0 Å². The zero-order chi connectivity index (χ0) is 14.0. The van der Waals surface area contributed by atoms with E-state index >= 15 is 0 Å². The molecule has 2 nitrogen and oxygen atoms in total. The molecule has 0 amide bonds. The molecule has 1 aromatic carbocycles. The first-order valence-corrected chi connectivity index (χ1v) is 6.08. The molecule has 5 heteroatoms. The Kier molecular flexibility index (Phi) is 3.73. The summed E-state index contributed by atoms with van der Waals surface area (Å²) in [4.78, 5) is 22.8. The first kappa shape index (κ1) is 13.8. The highest BCUT2D eigenvalue weighted by Gasteiger charge is 2.47. The van der Waals surface area contributed by atoms with Gasteiger partial charge in [0.15, 0.2) is 0 Å². The third-order valence-corrected chi connectivity index (χ3v) is 3.51. The maximum Gasteiger partial charge on any atom is 0.450 e. The van der Waals surface area contributed by atoms with Gasteiger partial charge in [0.2, 0.25) is 5.78 Å². The van der Waals surface area contributed by atoms with Crippen LogP contribution in [0.15, 0.2) is 30.3 Å². The summed E-state index contributed by atoms with van der Waals surface area (Å²) in [6, 6.07) is 9.04. The van der Waals surface area contributed by atoms with Crippen LogP contribution in [0.3, 0.4) is 0 Å². The van der Waals surface area contributed by atoms with Gasteiger partial charge in [0, 0.05) is 6.42 Å². The molecule has 0 spiro atoms. The van der Waals surface area contributed by atoms with E-state index in [9.17, 15) is 22.8 Å². The highest BCUT2D eigenvalue weighted by Crippen LogP contribution is 2.37. The molecule has 2 atom stereocenters. The number of alkyl halides is 3. The van der Waals surface area contributed by atoms with Crippen LogP contribution in [0.25, 0.3) is 0 Å². The molecule has 0 radical (unpaired) electrons. The molecule has 0 saturated heterocycles. The van der Waals surface area contributed by atoms with Crippen molar-refractivity contribution in [2.45, 2.75) is 31.4 Å². The number of halogens is 3. The van der Waals surface area contributed by atoms with Crippen LogP contribution >= 0.6 is 0 Å². The topological polar surface area (TPSA) is 34.1 Å². The van der Waals surface area contributed by atoms with Gasteiger partial charge in [-0.1, -0.05) is 30.3 Å². The molecule has 1 aliphatic rings. The number of carbonyl (C=O) groups excluding carboxylic acids is 2. The van der Waals surface area contributed by atoms with Gasteiger partial charge in [-0.15, -0.1) is 0 Å². The lowest BCUT2D eigenvalue weighted by Crippen LogP contribution is -2.38. The Morgan fingerprint density at radius 2 is 1.79 bits per heavy atom. The Morgan fingerprint density at radius 1 is 1.16 bits per heavy atom. The number of Topliss-reactive ketones (excluding diaryl/α,β-unsaturated/α-hetero) is 2. The molecule has 2 rings (SSSR count). The quantitative estimate of drug-likeness (QED) is 0.773. The maximum absolute atomic E-state index is 12.4. The molecule has 1 aliphatic carbocycles. The molecule has 1 saturated carbocycles. The second-order valence-electron chi connectivity index (χ2n) is 4.76. The number of ketones is 2. The number of rotatable bonds is 2. The summed E-state index contributed by atoms with van der Waals surface area (Å²) in [6.45, 7) is 0. The van der Waals surface area contributed by atoms with Gasteiger partial charge >= 0.3 is 6.18 Å². The van der Waals surface area contributed by atoms with Crippen LogP contribution in [0.2, 0.25) is 0 Å². The zero-order valence-electron chi connectivity index (χ0n) is 10.1. The number of benzene rings is 1. The predicted molar refractivity (Wildman–Crippen MR) is 62.6 cm³/mol. The number of hydrogen-bond donors (Lipinski definition) is 0. The largest absolute Gasteiger partial charge is 0.450 e. The van der Waals surface area contributed by atoms with E-state index in [1.165, 1.54) is 0 Å². The second kappa shape index (κ2) is 5.15. The van der Waals surface area contributed by atoms with Crippen LogP contribution < -0.4 is 0 Å². The molecular weight excluding hydrogens is 257 g/mol. The first-order chi connectivity index (χ1) is 8.89. The normalized spacial score (nSPS) is 24.3. The summed E-state index contributed by atoms with van der Waals surface area (Å²) in [5, 5.41) is 0. The van der Waals surface area contributed by atoms with E-state index in [1.807, 2.05) is 18.2 Å². The highest BCUT2D eigenvalue weighted by molar-refractivity contribution is 6.05. The summed E-state index contributed by atoms with van der Waals surface area (Å²) in [6.07, 6.45) is -4.43. The van der Waals surface area contributed by atoms with Crippen molar-refractivity contribution in [2.24, 2.45) is 5.92 Å². The Bertz CT molecular complexity index is 479. The second-order valence-corrected chi connectivity index (χ2v) is 4.76. The SMILES string of the molecule is O=C1CCC(c2ccccc2)CC1C(=O)C(F)(F)F. The smallest absolute Gasteiger partial charge is 0.299 e. The van der Waals surface area contributed by atoms with Crippen molar-refractivity contribution >= 4 is 11.6 Å². The van der Waals surface area contributed by atoms with Crippen molar-refractivity contribution in [1.29, 1.82) is 0 Å². The summed E-state index contributed by atoms with van der Waals surface area (Å²) in [5.41, 5.74) is 0.884. The predicted octanol–water partition coefficient (Wildman–Crippen LogP) is 3.27. The van der Waals surface area contributed by atoms with Crippen molar-refractivity contribution in [3.05, 3.63) is 35.9 Å². The fourth-order valence-electron chi connectivity index (χ4n) is 2.50. The van der Waals surface area contributed by atoms with E-state index in [2.05, 4.69) is 0 Å². The molecule has 2 unspecified atom stereocenters. The van der Waals surface area contributed by atoms with Crippen molar-refractivity contribution in [3.8, 4) is 0 Å². The Hall–Kier alpha value is -1.65. The van der Waals surface area contributed by atoms with Gasteiger partial charge in [-0.05, 0) is 24.3 Å². The Morgan fingerprint density at radius 3 is 2.37 bits per heavy atom. The highest BCUT2D eigenvalue weighted by atomic mass is 19.4. The van der Waals surface area contributed by atoms with Crippen molar-refractivity contribution in [2.75, 3.05) is 0 Å².